The number of benzene rings is 1. The van der Waals surface area contributed by atoms with E-state index < -0.39 is 0 Å². The summed E-state index contributed by atoms with van der Waals surface area (Å²) in [6.45, 7) is 2.63. The highest BCUT2D eigenvalue weighted by Crippen LogP contribution is 2.17. The fraction of sp³-hybridized carbons (Fsp3) is 0.500. The molecule has 1 N–H and O–H groups in total. The van der Waals surface area contributed by atoms with Gasteiger partial charge in [-0.2, -0.15) is 0 Å². The number of nitro groups is 1. The lowest BCUT2D eigenvalue weighted by Gasteiger charge is -2.10. The van der Waals surface area contributed by atoms with Crippen molar-refractivity contribution in [2.75, 3.05) is 33.7 Å². The molecule has 0 saturated carbocycles. The minimum absolute atomic E-state index is 0.210. The Hall–Kier alpha value is -1.46. The fourth-order valence-corrected chi connectivity index (χ4v) is 1.55. The Kier molecular flexibility index (Phi) is 5.59. The van der Waals surface area contributed by atoms with E-state index in [0.717, 1.165) is 25.2 Å². The molecule has 0 radical (unpaired) electrons. The first-order valence-electron chi connectivity index (χ1n) is 5.69. The molecular formula is C12H19N3O2. The number of rotatable bonds is 7. The van der Waals surface area contributed by atoms with Gasteiger partial charge in [0.15, 0.2) is 0 Å². The summed E-state index contributed by atoms with van der Waals surface area (Å²) in [5.41, 5.74) is 0.997. The second-order valence-corrected chi connectivity index (χ2v) is 4.19. The Labute approximate surface area is 102 Å². The molecule has 1 rings (SSSR count). The highest BCUT2D eigenvalue weighted by atomic mass is 16.6. The minimum atomic E-state index is -0.324. The first-order valence-corrected chi connectivity index (χ1v) is 5.69. The van der Waals surface area contributed by atoms with Crippen molar-refractivity contribution < 1.29 is 4.92 Å². The van der Waals surface area contributed by atoms with Crippen LogP contribution < -0.4 is 5.32 Å². The van der Waals surface area contributed by atoms with Crippen LogP contribution in [0.25, 0.3) is 0 Å². The summed E-state index contributed by atoms with van der Waals surface area (Å²) in [4.78, 5) is 12.5. The lowest BCUT2D eigenvalue weighted by Crippen LogP contribution is -2.28. The highest BCUT2D eigenvalue weighted by molar-refractivity contribution is 5.39. The third-order valence-electron chi connectivity index (χ3n) is 2.50. The van der Waals surface area contributed by atoms with E-state index in [0.29, 0.717) is 6.42 Å². The molecule has 0 aliphatic heterocycles. The molecule has 0 spiro atoms. The molecule has 0 atom stereocenters. The van der Waals surface area contributed by atoms with Gasteiger partial charge in [-0.05, 0) is 27.1 Å². The smallest absolute Gasteiger partial charge is 0.272 e. The van der Waals surface area contributed by atoms with Crippen molar-refractivity contribution in [3.05, 3.63) is 39.9 Å². The zero-order valence-corrected chi connectivity index (χ0v) is 10.3. The summed E-state index contributed by atoms with van der Waals surface area (Å²) in [7, 11) is 4.04. The normalized spacial score (nSPS) is 10.8. The summed E-state index contributed by atoms with van der Waals surface area (Å²) in [5, 5.41) is 14.0. The van der Waals surface area contributed by atoms with Crippen molar-refractivity contribution in [3.8, 4) is 0 Å². The molecule has 5 heteroatoms. The van der Waals surface area contributed by atoms with E-state index in [1.165, 1.54) is 0 Å². The van der Waals surface area contributed by atoms with Crippen LogP contribution in [0.3, 0.4) is 0 Å². The van der Waals surface area contributed by atoms with E-state index in [2.05, 4.69) is 10.2 Å². The summed E-state index contributed by atoms with van der Waals surface area (Å²) in [6, 6.07) is 6.89. The van der Waals surface area contributed by atoms with Gasteiger partial charge in [-0.3, -0.25) is 10.1 Å². The molecule has 0 aromatic heterocycles. The first-order chi connectivity index (χ1) is 8.11. The van der Waals surface area contributed by atoms with Crippen LogP contribution in [0.15, 0.2) is 24.3 Å². The van der Waals surface area contributed by atoms with Crippen LogP contribution in [0.4, 0.5) is 5.69 Å². The maximum atomic E-state index is 10.8. The quantitative estimate of drug-likeness (QED) is 0.441. The van der Waals surface area contributed by atoms with Gasteiger partial charge >= 0.3 is 0 Å². The van der Waals surface area contributed by atoms with E-state index >= 15 is 0 Å². The Bertz CT molecular complexity index is 367. The Morgan fingerprint density at radius 2 is 2.00 bits per heavy atom. The predicted molar refractivity (Wildman–Crippen MR) is 68.2 cm³/mol. The summed E-state index contributed by atoms with van der Waals surface area (Å²) in [5.74, 6) is 0. The third kappa shape index (κ3) is 4.93. The van der Waals surface area contributed by atoms with Crippen LogP contribution in [0.1, 0.15) is 5.56 Å². The van der Waals surface area contributed by atoms with Crippen LogP contribution in [-0.4, -0.2) is 43.6 Å². The molecule has 5 nitrogen and oxygen atoms in total. The van der Waals surface area contributed by atoms with Gasteiger partial charge in [0, 0.05) is 24.7 Å². The zero-order chi connectivity index (χ0) is 12.7. The summed E-state index contributed by atoms with van der Waals surface area (Å²) < 4.78 is 0. The SMILES string of the molecule is CN(C)CCNCCc1ccccc1[N+](=O)[O-]. The Morgan fingerprint density at radius 3 is 2.65 bits per heavy atom. The van der Waals surface area contributed by atoms with Gasteiger partial charge in [0.2, 0.25) is 0 Å². The van der Waals surface area contributed by atoms with E-state index in [4.69, 9.17) is 0 Å². The Balaban J connectivity index is 2.39. The lowest BCUT2D eigenvalue weighted by molar-refractivity contribution is -0.385. The number of para-hydroxylation sites is 1. The number of hydrogen-bond donors (Lipinski definition) is 1. The lowest BCUT2D eigenvalue weighted by atomic mass is 10.1. The van der Waals surface area contributed by atoms with E-state index in [-0.39, 0.29) is 10.6 Å². The van der Waals surface area contributed by atoms with Crippen LogP contribution >= 0.6 is 0 Å². The van der Waals surface area contributed by atoms with Crippen molar-refractivity contribution >= 4 is 5.69 Å². The second-order valence-electron chi connectivity index (χ2n) is 4.19. The third-order valence-corrected chi connectivity index (χ3v) is 2.50. The largest absolute Gasteiger partial charge is 0.315 e. The van der Waals surface area contributed by atoms with Crippen molar-refractivity contribution in [1.82, 2.24) is 10.2 Å². The van der Waals surface area contributed by atoms with E-state index in [1.54, 1.807) is 12.1 Å². The molecule has 0 bridgehead atoms. The van der Waals surface area contributed by atoms with Gasteiger partial charge in [0.05, 0.1) is 4.92 Å². The van der Waals surface area contributed by atoms with E-state index in [9.17, 15) is 10.1 Å². The van der Waals surface area contributed by atoms with Gasteiger partial charge in [-0.25, -0.2) is 0 Å². The first kappa shape index (κ1) is 13.6. The van der Waals surface area contributed by atoms with Crippen LogP contribution in [-0.2, 0) is 6.42 Å². The molecular weight excluding hydrogens is 218 g/mol. The highest BCUT2D eigenvalue weighted by Gasteiger charge is 2.10. The van der Waals surface area contributed by atoms with Gasteiger partial charge in [0.25, 0.3) is 5.69 Å². The molecule has 1 aromatic rings. The number of nitrogens with zero attached hydrogens (tertiary/aromatic N) is 2. The van der Waals surface area contributed by atoms with Gasteiger partial charge in [-0.15, -0.1) is 0 Å². The number of hydrogen-bond acceptors (Lipinski definition) is 4. The van der Waals surface area contributed by atoms with Gasteiger partial charge < -0.3 is 10.2 Å². The van der Waals surface area contributed by atoms with Gasteiger partial charge in [0.1, 0.15) is 0 Å². The zero-order valence-electron chi connectivity index (χ0n) is 10.3. The molecule has 1 aromatic carbocycles. The molecule has 17 heavy (non-hydrogen) atoms. The summed E-state index contributed by atoms with van der Waals surface area (Å²) >= 11 is 0. The Morgan fingerprint density at radius 1 is 1.29 bits per heavy atom. The van der Waals surface area contributed by atoms with Gasteiger partial charge in [-0.1, -0.05) is 18.2 Å². The molecule has 0 unspecified atom stereocenters. The number of nitro benzene ring substituents is 1. The van der Waals surface area contributed by atoms with Crippen molar-refractivity contribution in [2.24, 2.45) is 0 Å². The number of nitrogens with one attached hydrogen (secondary N) is 1. The molecule has 0 fully saturated rings. The van der Waals surface area contributed by atoms with Crippen molar-refractivity contribution in [1.29, 1.82) is 0 Å². The minimum Gasteiger partial charge on any atom is -0.315 e. The van der Waals surface area contributed by atoms with Crippen LogP contribution in [0.2, 0.25) is 0 Å². The van der Waals surface area contributed by atoms with Crippen LogP contribution in [0, 0.1) is 10.1 Å². The fourth-order valence-electron chi connectivity index (χ4n) is 1.55. The standard InChI is InChI=1S/C12H19N3O2/c1-14(2)10-9-13-8-7-11-5-3-4-6-12(11)15(16)17/h3-6,13H,7-10H2,1-2H3. The molecule has 0 amide bonds. The van der Waals surface area contributed by atoms with Crippen molar-refractivity contribution in [2.45, 2.75) is 6.42 Å². The molecule has 0 aliphatic carbocycles. The molecule has 0 heterocycles. The molecule has 0 aliphatic rings. The average Bonchev–Trinajstić information content (AvgIpc) is 2.28. The maximum Gasteiger partial charge on any atom is 0.272 e. The monoisotopic (exact) mass is 237 g/mol. The molecule has 0 saturated heterocycles. The van der Waals surface area contributed by atoms with E-state index in [1.807, 2.05) is 26.2 Å². The second kappa shape index (κ2) is 6.98. The van der Waals surface area contributed by atoms with Crippen LogP contribution in [0.5, 0.6) is 0 Å². The summed E-state index contributed by atoms with van der Waals surface area (Å²) in [6.07, 6.45) is 0.685. The topological polar surface area (TPSA) is 58.4 Å². The van der Waals surface area contributed by atoms with Crippen molar-refractivity contribution in [3.63, 3.8) is 0 Å². The molecule has 94 valence electrons. The predicted octanol–water partition coefficient (Wildman–Crippen LogP) is 1.29. The average molecular weight is 237 g/mol. The number of likely N-dealkylation sites (N-methyl/N-ethyl adjacent to an activating group) is 1. The maximum absolute atomic E-state index is 10.8.